The number of non-ortho nitro benzene ring substituents is 2. The molecule has 6 N–H and O–H groups in total. The van der Waals surface area contributed by atoms with Crippen molar-refractivity contribution in [3.8, 4) is 34.5 Å². The Hall–Kier alpha value is -5.02. The smallest absolute Gasteiger partial charge is 0.273 e. The molecular weight excluding hydrogens is 522 g/mol. The molecule has 0 bridgehead atoms. The number of anilines is 1. The van der Waals surface area contributed by atoms with Crippen molar-refractivity contribution in [3.63, 3.8) is 0 Å². The summed E-state index contributed by atoms with van der Waals surface area (Å²) in [5.41, 5.74) is 5.89. The van der Waals surface area contributed by atoms with Crippen LogP contribution in [-0.4, -0.2) is 68.9 Å². The van der Waals surface area contributed by atoms with Crippen molar-refractivity contribution in [2.45, 2.75) is 12.2 Å². The van der Waals surface area contributed by atoms with Crippen molar-refractivity contribution in [1.82, 2.24) is 0 Å². The van der Waals surface area contributed by atoms with Crippen molar-refractivity contribution in [2.24, 2.45) is 0 Å². The number of aliphatic hydroxyl groups excluding tert-OH is 2. The zero-order valence-electron chi connectivity index (χ0n) is 20.2. The summed E-state index contributed by atoms with van der Waals surface area (Å²) in [5.74, 6) is 1.19. The number of nitro groups is 2. The summed E-state index contributed by atoms with van der Waals surface area (Å²) in [4.78, 5) is 19.4. The Bertz CT molecular complexity index is 1320. The number of nitro benzene ring substituents is 2. The molecule has 0 aliphatic carbocycles. The molecule has 208 valence electrons. The Labute approximate surface area is 220 Å². The van der Waals surface area contributed by atoms with E-state index in [2.05, 4.69) is 0 Å². The fraction of sp³-hybridized carbons (Fsp3) is 0.250. The minimum Gasteiger partial charge on any atom is -0.504 e. The topological polar surface area (TPSA) is 230 Å². The number of ether oxygens (including phenoxy) is 4. The van der Waals surface area contributed by atoms with Crippen LogP contribution >= 0.6 is 0 Å². The maximum absolute atomic E-state index is 10.5. The Kier molecular flexibility index (Phi) is 9.50. The first kappa shape index (κ1) is 28.5. The van der Waals surface area contributed by atoms with Crippen LogP contribution in [0.5, 0.6) is 34.5 Å². The molecule has 0 radical (unpaired) electrons. The first-order valence-corrected chi connectivity index (χ1v) is 11.3. The van der Waals surface area contributed by atoms with E-state index in [1.165, 1.54) is 18.2 Å². The van der Waals surface area contributed by atoms with Gasteiger partial charge in [0.05, 0.1) is 35.2 Å². The molecule has 2 atom stereocenters. The maximum atomic E-state index is 10.5. The van der Waals surface area contributed by atoms with E-state index in [0.29, 0.717) is 35.3 Å². The second-order valence-electron chi connectivity index (χ2n) is 7.99. The second-order valence-corrected chi connectivity index (χ2v) is 7.99. The highest BCUT2D eigenvalue weighted by Gasteiger charge is 2.23. The monoisotopic (exact) mass is 547 g/mol. The molecule has 3 aromatic carbocycles. The third-order valence-corrected chi connectivity index (χ3v) is 5.12. The molecule has 0 saturated heterocycles. The van der Waals surface area contributed by atoms with Crippen LogP contribution in [0.15, 0.2) is 54.6 Å². The molecular formula is C24H25N3O12. The van der Waals surface area contributed by atoms with E-state index >= 15 is 0 Å². The molecule has 0 amide bonds. The van der Waals surface area contributed by atoms with Gasteiger partial charge in [0, 0.05) is 23.9 Å². The van der Waals surface area contributed by atoms with Crippen LogP contribution in [0.4, 0.5) is 17.1 Å². The number of nitrogens with two attached hydrogens (primary N) is 1. The van der Waals surface area contributed by atoms with E-state index in [9.17, 15) is 20.2 Å². The van der Waals surface area contributed by atoms with Gasteiger partial charge in [-0.1, -0.05) is 0 Å². The quantitative estimate of drug-likeness (QED) is 0.137. The summed E-state index contributed by atoms with van der Waals surface area (Å²) < 4.78 is 21.3. The van der Waals surface area contributed by atoms with E-state index in [1.54, 1.807) is 18.2 Å². The van der Waals surface area contributed by atoms with Gasteiger partial charge in [-0.05, 0) is 24.3 Å². The summed E-state index contributed by atoms with van der Waals surface area (Å²) in [6.07, 6.45) is -0.742. The van der Waals surface area contributed by atoms with Gasteiger partial charge < -0.3 is 45.1 Å². The lowest BCUT2D eigenvalue weighted by Crippen LogP contribution is -2.32. The van der Waals surface area contributed by atoms with E-state index < -0.39 is 21.7 Å². The Morgan fingerprint density at radius 3 is 1.72 bits per heavy atom. The molecule has 0 fully saturated rings. The van der Waals surface area contributed by atoms with Crippen molar-refractivity contribution >= 4 is 17.1 Å². The van der Waals surface area contributed by atoms with Gasteiger partial charge in [0.25, 0.3) is 11.4 Å². The molecule has 0 aromatic heterocycles. The van der Waals surface area contributed by atoms with Crippen molar-refractivity contribution in [3.05, 3.63) is 74.8 Å². The largest absolute Gasteiger partial charge is 0.504 e. The van der Waals surface area contributed by atoms with Gasteiger partial charge in [-0.3, -0.25) is 20.2 Å². The number of aromatic hydroxyl groups is 2. The second kappa shape index (κ2) is 13.0. The van der Waals surface area contributed by atoms with Crippen LogP contribution < -0.4 is 24.7 Å². The lowest BCUT2D eigenvalue weighted by molar-refractivity contribution is -0.385. The first-order chi connectivity index (χ1) is 18.6. The minimum atomic E-state index is -0.654. The van der Waals surface area contributed by atoms with Crippen molar-refractivity contribution in [2.75, 3.05) is 32.2 Å². The average molecular weight is 547 g/mol. The normalized spacial score (nSPS) is 16.5. The molecule has 0 spiro atoms. The van der Waals surface area contributed by atoms with E-state index in [4.69, 9.17) is 45.1 Å². The van der Waals surface area contributed by atoms with Crippen LogP contribution in [0.1, 0.15) is 0 Å². The summed E-state index contributed by atoms with van der Waals surface area (Å²) in [5, 5.41) is 55.8. The van der Waals surface area contributed by atoms with Gasteiger partial charge in [-0.25, -0.2) is 0 Å². The number of phenolic OH excluding ortho intramolecular Hbond substituents is 2. The molecule has 2 heterocycles. The molecule has 3 aromatic rings. The third-order valence-electron chi connectivity index (χ3n) is 5.12. The SMILES string of the molecule is Nc1ccc2c(c1)OC(CO)CO2.O=[N+]([O-])c1ccc(O)c(O)c1.O=[N+]([O-])c1ccc2c(c1)OC(CO)CO2. The summed E-state index contributed by atoms with van der Waals surface area (Å²) in [6, 6.07) is 12.4. The van der Waals surface area contributed by atoms with E-state index in [-0.39, 0.29) is 43.0 Å². The Balaban J connectivity index is 0.000000164. The molecule has 0 saturated carbocycles. The zero-order chi connectivity index (χ0) is 28.5. The zero-order valence-corrected chi connectivity index (χ0v) is 20.2. The lowest BCUT2D eigenvalue weighted by atomic mass is 10.2. The van der Waals surface area contributed by atoms with Gasteiger partial charge in [0.1, 0.15) is 13.2 Å². The summed E-state index contributed by atoms with van der Waals surface area (Å²) in [6.45, 7) is 0.408. The molecule has 39 heavy (non-hydrogen) atoms. The highest BCUT2D eigenvalue weighted by molar-refractivity contribution is 5.52. The molecule has 2 aliphatic rings. The summed E-state index contributed by atoms with van der Waals surface area (Å²) in [7, 11) is 0. The molecule has 5 rings (SSSR count). The van der Waals surface area contributed by atoms with Gasteiger partial charge in [0.15, 0.2) is 46.7 Å². The third kappa shape index (κ3) is 7.73. The van der Waals surface area contributed by atoms with Crippen molar-refractivity contribution in [1.29, 1.82) is 0 Å². The minimum absolute atomic E-state index is 0.0474. The number of hydrogen-bond donors (Lipinski definition) is 5. The number of aliphatic hydroxyl groups is 2. The number of phenols is 2. The number of fused-ring (bicyclic) bond motifs is 2. The number of hydrogen-bond acceptors (Lipinski definition) is 13. The van der Waals surface area contributed by atoms with Gasteiger partial charge in [-0.2, -0.15) is 0 Å². The molecule has 2 aliphatic heterocycles. The maximum Gasteiger partial charge on any atom is 0.273 e. The highest BCUT2D eigenvalue weighted by atomic mass is 16.6. The fourth-order valence-corrected chi connectivity index (χ4v) is 3.16. The van der Waals surface area contributed by atoms with Gasteiger partial charge >= 0.3 is 0 Å². The number of nitrogen functional groups attached to an aromatic ring is 1. The lowest BCUT2D eigenvalue weighted by Gasteiger charge is -2.25. The number of nitrogens with zero attached hydrogens (tertiary/aromatic N) is 2. The first-order valence-electron chi connectivity index (χ1n) is 11.3. The van der Waals surface area contributed by atoms with E-state index in [1.807, 2.05) is 0 Å². The van der Waals surface area contributed by atoms with Crippen LogP contribution in [0.3, 0.4) is 0 Å². The van der Waals surface area contributed by atoms with Gasteiger partial charge in [-0.15, -0.1) is 0 Å². The number of benzene rings is 3. The van der Waals surface area contributed by atoms with Gasteiger partial charge in [0.2, 0.25) is 0 Å². The van der Waals surface area contributed by atoms with E-state index in [0.717, 1.165) is 18.2 Å². The number of rotatable bonds is 4. The summed E-state index contributed by atoms with van der Waals surface area (Å²) >= 11 is 0. The Morgan fingerprint density at radius 2 is 1.21 bits per heavy atom. The average Bonchev–Trinajstić information content (AvgIpc) is 2.94. The van der Waals surface area contributed by atoms with Crippen LogP contribution in [0.2, 0.25) is 0 Å². The predicted octanol–water partition coefficient (Wildman–Crippen LogP) is 2.13. The standard InChI is InChI=1S/C9H9NO5.C9H11NO3.C6H5NO4/c11-4-7-5-14-8-2-1-6(10(12)13)3-9(8)15-7;10-6-1-2-8-9(3-6)13-7(4-11)5-12-8;8-5-2-1-4(7(10)11)3-6(5)9/h1-3,7,11H,4-5H2;1-3,7,11H,4-5,10H2;1-3,8-9H. The predicted molar refractivity (Wildman–Crippen MR) is 134 cm³/mol. The molecule has 15 nitrogen and oxygen atoms in total. The van der Waals surface area contributed by atoms with Crippen LogP contribution in [0, 0.1) is 20.2 Å². The van der Waals surface area contributed by atoms with Crippen molar-refractivity contribution < 1.29 is 49.2 Å². The highest BCUT2D eigenvalue weighted by Crippen LogP contribution is 2.35. The van der Waals surface area contributed by atoms with Crippen LogP contribution in [-0.2, 0) is 0 Å². The fourth-order valence-electron chi connectivity index (χ4n) is 3.16. The Morgan fingerprint density at radius 1 is 0.718 bits per heavy atom. The molecule has 15 heteroatoms. The molecule has 2 unspecified atom stereocenters. The van der Waals surface area contributed by atoms with Crippen LogP contribution in [0.25, 0.3) is 0 Å².